The number of carbonyl (C=O) groups excluding carboxylic acids is 2. The lowest BCUT2D eigenvalue weighted by Gasteiger charge is -2.16. The van der Waals surface area contributed by atoms with Gasteiger partial charge in [0, 0.05) is 5.75 Å². The van der Waals surface area contributed by atoms with Gasteiger partial charge in [-0.3, -0.25) is 9.59 Å². The third-order valence-corrected chi connectivity index (χ3v) is 5.83. The molecule has 3 rings (SSSR count). The Morgan fingerprint density at radius 1 is 0.900 bits per heavy atom. The summed E-state index contributed by atoms with van der Waals surface area (Å²) in [4.78, 5) is 25.2. The van der Waals surface area contributed by atoms with Crippen molar-refractivity contribution in [2.24, 2.45) is 0 Å². The smallest absolute Gasteiger partial charge is 0.253 e. The first-order valence-electron chi connectivity index (χ1n) is 9.91. The fraction of sp³-hybridized carbons (Fsp3) is 0.200. The van der Waals surface area contributed by atoms with Crippen molar-refractivity contribution in [1.29, 1.82) is 0 Å². The van der Waals surface area contributed by atoms with Gasteiger partial charge in [-0.05, 0) is 42.7 Å². The second-order valence-electron chi connectivity index (χ2n) is 7.12. The molecule has 0 heterocycles. The van der Waals surface area contributed by atoms with Gasteiger partial charge in [0.1, 0.15) is 0 Å². The molecule has 0 unspecified atom stereocenters. The summed E-state index contributed by atoms with van der Waals surface area (Å²) < 4.78 is 0. The van der Waals surface area contributed by atoms with Crippen LogP contribution in [0.5, 0.6) is 0 Å². The van der Waals surface area contributed by atoms with Gasteiger partial charge in [-0.2, -0.15) is 0 Å². The van der Waals surface area contributed by atoms with Crippen molar-refractivity contribution >= 4 is 29.3 Å². The average Bonchev–Trinajstić information content (AvgIpc) is 2.76. The van der Waals surface area contributed by atoms with Crippen LogP contribution in [-0.4, -0.2) is 17.6 Å². The predicted octanol–water partition coefficient (Wildman–Crippen LogP) is 5.36. The summed E-state index contributed by atoms with van der Waals surface area (Å²) in [7, 11) is 0. The molecule has 0 aliphatic heterocycles. The molecular weight excluding hydrogens is 392 g/mol. The van der Waals surface area contributed by atoms with Gasteiger partial charge in [0.2, 0.25) is 5.91 Å². The molecule has 2 N–H and O–H groups in total. The Labute approximate surface area is 182 Å². The van der Waals surface area contributed by atoms with Crippen molar-refractivity contribution in [3.8, 4) is 0 Å². The zero-order chi connectivity index (χ0) is 21.3. The molecule has 2 amide bonds. The van der Waals surface area contributed by atoms with E-state index in [2.05, 4.69) is 29.7 Å². The molecule has 1 atom stereocenters. The zero-order valence-corrected chi connectivity index (χ0v) is 18.0. The molecule has 0 aromatic heterocycles. The van der Waals surface area contributed by atoms with Crippen molar-refractivity contribution < 1.29 is 9.59 Å². The minimum atomic E-state index is -0.213. The van der Waals surface area contributed by atoms with E-state index in [0.717, 1.165) is 11.3 Å². The maximum Gasteiger partial charge on any atom is 0.253 e. The van der Waals surface area contributed by atoms with Gasteiger partial charge < -0.3 is 10.6 Å². The standard InChI is InChI=1S/C25H26N2O2S/c1-18-10-6-7-13-21(18)16-30-17-24(28)27-23-15-9-8-14-22(23)25(29)26-19(2)20-11-4-3-5-12-20/h3-15,19H,16-17H2,1-2H3,(H,26,29)(H,27,28)/t19-/m0/s1. The van der Waals surface area contributed by atoms with Crippen LogP contribution in [0.2, 0.25) is 0 Å². The van der Waals surface area contributed by atoms with Crippen LogP contribution in [0.1, 0.15) is 40.0 Å². The van der Waals surface area contributed by atoms with E-state index in [-0.39, 0.29) is 17.9 Å². The Hall–Kier alpha value is -3.05. The Bertz CT molecular complexity index is 1000. The number of benzene rings is 3. The molecule has 0 spiro atoms. The number of para-hydroxylation sites is 1. The first-order valence-corrected chi connectivity index (χ1v) is 11.1. The quantitative estimate of drug-likeness (QED) is 0.518. The third kappa shape index (κ3) is 5.97. The Balaban J connectivity index is 1.58. The monoisotopic (exact) mass is 418 g/mol. The summed E-state index contributed by atoms with van der Waals surface area (Å²) >= 11 is 1.56. The highest BCUT2D eigenvalue weighted by molar-refractivity contribution is 7.99. The van der Waals surface area contributed by atoms with Crippen molar-refractivity contribution in [1.82, 2.24) is 5.32 Å². The summed E-state index contributed by atoms with van der Waals surface area (Å²) in [6.45, 7) is 4.01. The van der Waals surface area contributed by atoms with Gasteiger partial charge in [-0.25, -0.2) is 0 Å². The van der Waals surface area contributed by atoms with E-state index in [4.69, 9.17) is 0 Å². The summed E-state index contributed by atoms with van der Waals surface area (Å²) in [5.41, 5.74) is 4.46. The van der Waals surface area contributed by atoms with Crippen molar-refractivity contribution in [3.63, 3.8) is 0 Å². The van der Waals surface area contributed by atoms with Crippen LogP contribution >= 0.6 is 11.8 Å². The van der Waals surface area contributed by atoms with Gasteiger partial charge in [0.05, 0.1) is 23.0 Å². The number of amides is 2. The number of aryl methyl sites for hydroxylation is 1. The van der Waals surface area contributed by atoms with E-state index in [9.17, 15) is 9.59 Å². The van der Waals surface area contributed by atoms with Crippen molar-refractivity contribution in [3.05, 3.63) is 101 Å². The first kappa shape index (κ1) is 21.7. The molecule has 154 valence electrons. The molecule has 0 aliphatic rings. The number of carbonyl (C=O) groups is 2. The maximum atomic E-state index is 12.8. The normalized spacial score (nSPS) is 11.5. The van der Waals surface area contributed by atoms with E-state index < -0.39 is 0 Å². The highest BCUT2D eigenvalue weighted by Gasteiger charge is 2.16. The lowest BCUT2D eigenvalue weighted by atomic mass is 10.1. The summed E-state index contributed by atoms with van der Waals surface area (Å²) in [6.07, 6.45) is 0. The van der Waals surface area contributed by atoms with Gasteiger partial charge in [-0.1, -0.05) is 66.7 Å². The average molecular weight is 419 g/mol. The number of rotatable bonds is 8. The van der Waals surface area contributed by atoms with E-state index in [0.29, 0.717) is 17.0 Å². The van der Waals surface area contributed by atoms with Gasteiger partial charge in [-0.15, -0.1) is 11.8 Å². The predicted molar refractivity (Wildman–Crippen MR) is 125 cm³/mol. The number of thioether (sulfide) groups is 1. The summed E-state index contributed by atoms with van der Waals surface area (Å²) in [5, 5.41) is 5.89. The van der Waals surface area contributed by atoms with E-state index in [1.165, 1.54) is 11.1 Å². The van der Waals surface area contributed by atoms with Crippen molar-refractivity contribution in [2.45, 2.75) is 25.6 Å². The lowest BCUT2D eigenvalue weighted by molar-refractivity contribution is -0.113. The highest BCUT2D eigenvalue weighted by atomic mass is 32.2. The Morgan fingerprint density at radius 3 is 2.33 bits per heavy atom. The van der Waals surface area contributed by atoms with Crippen LogP contribution in [0.4, 0.5) is 5.69 Å². The fourth-order valence-electron chi connectivity index (χ4n) is 3.10. The lowest BCUT2D eigenvalue weighted by Crippen LogP contribution is -2.28. The van der Waals surface area contributed by atoms with E-state index in [1.807, 2.05) is 55.5 Å². The molecule has 0 saturated carbocycles. The number of hydrogen-bond donors (Lipinski definition) is 2. The number of anilines is 1. The highest BCUT2D eigenvalue weighted by Crippen LogP contribution is 2.20. The van der Waals surface area contributed by atoms with Crippen LogP contribution in [-0.2, 0) is 10.5 Å². The molecule has 0 radical (unpaired) electrons. The maximum absolute atomic E-state index is 12.8. The first-order chi connectivity index (χ1) is 14.5. The molecule has 0 saturated heterocycles. The van der Waals surface area contributed by atoms with E-state index in [1.54, 1.807) is 30.0 Å². The molecule has 3 aromatic rings. The van der Waals surface area contributed by atoms with Crippen LogP contribution in [0, 0.1) is 6.92 Å². The van der Waals surface area contributed by atoms with Crippen LogP contribution in [0.25, 0.3) is 0 Å². The largest absolute Gasteiger partial charge is 0.345 e. The molecule has 3 aromatic carbocycles. The molecule has 4 nitrogen and oxygen atoms in total. The third-order valence-electron chi connectivity index (χ3n) is 4.84. The van der Waals surface area contributed by atoms with Crippen LogP contribution in [0.15, 0.2) is 78.9 Å². The fourth-order valence-corrected chi connectivity index (χ4v) is 4.01. The van der Waals surface area contributed by atoms with Crippen LogP contribution in [0.3, 0.4) is 0 Å². The van der Waals surface area contributed by atoms with Gasteiger partial charge in [0.15, 0.2) is 0 Å². The zero-order valence-electron chi connectivity index (χ0n) is 17.2. The molecular formula is C25H26N2O2S. The minimum absolute atomic E-state index is 0.120. The molecule has 30 heavy (non-hydrogen) atoms. The Kier molecular flexibility index (Phi) is 7.69. The minimum Gasteiger partial charge on any atom is -0.345 e. The van der Waals surface area contributed by atoms with Crippen LogP contribution < -0.4 is 10.6 Å². The SMILES string of the molecule is Cc1ccccc1CSCC(=O)Nc1ccccc1C(=O)N[C@@H](C)c1ccccc1. The number of hydrogen-bond acceptors (Lipinski definition) is 3. The topological polar surface area (TPSA) is 58.2 Å². The Morgan fingerprint density at radius 2 is 1.57 bits per heavy atom. The van der Waals surface area contributed by atoms with Crippen molar-refractivity contribution in [2.75, 3.05) is 11.1 Å². The second kappa shape index (κ2) is 10.6. The van der Waals surface area contributed by atoms with E-state index >= 15 is 0 Å². The summed E-state index contributed by atoms with van der Waals surface area (Å²) in [5.74, 6) is 0.765. The molecule has 5 heteroatoms. The molecule has 0 fully saturated rings. The van der Waals surface area contributed by atoms with Gasteiger partial charge >= 0.3 is 0 Å². The second-order valence-corrected chi connectivity index (χ2v) is 8.10. The number of nitrogens with one attached hydrogen (secondary N) is 2. The van der Waals surface area contributed by atoms with Gasteiger partial charge in [0.25, 0.3) is 5.91 Å². The summed E-state index contributed by atoms with van der Waals surface area (Å²) in [6, 6.07) is 24.9. The molecule has 0 bridgehead atoms. The molecule has 0 aliphatic carbocycles.